The fourth-order valence-electron chi connectivity index (χ4n) is 1.17. The summed E-state index contributed by atoms with van der Waals surface area (Å²) in [7, 11) is 0. The van der Waals surface area contributed by atoms with Crippen molar-refractivity contribution in [3.63, 3.8) is 0 Å². The largest absolute Gasteiger partial charge is 0.481 e. The van der Waals surface area contributed by atoms with Gasteiger partial charge in [0.2, 0.25) is 0 Å². The van der Waals surface area contributed by atoms with Crippen LogP contribution in [0.25, 0.3) is 6.08 Å². The molecule has 0 aliphatic heterocycles. The molecular weight excluding hydrogens is 256 g/mol. The number of carboxylic acid groups (broad SMARTS) is 1. The quantitative estimate of drug-likeness (QED) is 0.744. The van der Waals surface area contributed by atoms with E-state index in [4.69, 9.17) is 5.11 Å². The van der Waals surface area contributed by atoms with Gasteiger partial charge >= 0.3 is 5.97 Å². The molecule has 0 bridgehead atoms. The van der Waals surface area contributed by atoms with Gasteiger partial charge in [-0.15, -0.1) is 0 Å². The molecule has 19 heavy (non-hydrogen) atoms. The van der Waals surface area contributed by atoms with Gasteiger partial charge in [-0.05, 0) is 22.4 Å². The minimum absolute atomic E-state index is 0.0569. The van der Waals surface area contributed by atoms with Crippen molar-refractivity contribution in [1.29, 1.82) is 0 Å². The molecule has 0 unspecified atom stereocenters. The van der Waals surface area contributed by atoms with Crippen molar-refractivity contribution >= 4 is 23.4 Å². The van der Waals surface area contributed by atoms with Crippen LogP contribution in [0.5, 0.6) is 0 Å². The summed E-state index contributed by atoms with van der Waals surface area (Å²) in [5.74, 6) is -0.819. The highest BCUT2D eigenvalue weighted by atomic mass is 32.1. The van der Waals surface area contributed by atoms with E-state index in [-0.39, 0.29) is 6.42 Å². The van der Waals surface area contributed by atoms with Gasteiger partial charge in [-0.2, -0.15) is 11.3 Å². The Hall–Kier alpha value is -2.13. The Morgan fingerprint density at radius 2 is 1.68 bits per heavy atom. The maximum Gasteiger partial charge on any atom is 0.307 e. The van der Waals surface area contributed by atoms with Crippen LogP contribution in [0.15, 0.2) is 71.5 Å². The fraction of sp³-hybridized carbons (Fsp3) is 0.0625. The van der Waals surface area contributed by atoms with E-state index in [9.17, 15) is 4.79 Å². The summed E-state index contributed by atoms with van der Waals surface area (Å²) < 4.78 is 0. The Morgan fingerprint density at radius 1 is 1.05 bits per heavy atom. The van der Waals surface area contributed by atoms with Gasteiger partial charge < -0.3 is 5.11 Å². The molecule has 1 aromatic heterocycles. The normalized spacial score (nSPS) is 12.8. The van der Waals surface area contributed by atoms with E-state index in [0.717, 1.165) is 0 Å². The molecule has 0 atom stereocenters. The second-order valence-electron chi connectivity index (χ2n) is 3.60. The topological polar surface area (TPSA) is 37.3 Å². The number of hydrogen-bond donors (Lipinski definition) is 1. The first-order valence-electron chi connectivity index (χ1n) is 5.86. The van der Waals surface area contributed by atoms with E-state index in [1.807, 2.05) is 47.9 Å². The van der Waals surface area contributed by atoms with Crippen molar-refractivity contribution in [3.8, 4) is 0 Å². The third-order valence-corrected chi connectivity index (χ3v) is 2.74. The molecule has 98 valence electrons. The minimum Gasteiger partial charge on any atom is -0.481 e. The molecule has 0 fully saturated rings. The predicted octanol–water partition coefficient (Wildman–Crippen LogP) is 4.46. The zero-order valence-electron chi connectivity index (χ0n) is 10.5. The molecule has 0 saturated heterocycles. The molecule has 0 aliphatic carbocycles. The predicted molar refractivity (Wildman–Crippen MR) is 82.2 cm³/mol. The minimum atomic E-state index is -0.819. The van der Waals surface area contributed by atoms with Crippen molar-refractivity contribution in [2.24, 2.45) is 0 Å². The Labute approximate surface area is 117 Å². The molecule has 0 spiro atoms. The summed E-state index contributed by atoms with van der Waals surface area (Å²) in [4.78, 5) is 10.2. The maximum atomic E-state index is 10.2. The first-order valence-corrected chi connectivity index (χ1v) is 6.80. The fourth-order valence-corrected chi connectivity index (χ4v) is 1.80. The summed E-state index contributed by atoms with van der Waals surface area (Å²) in [5.41, 5.74) is 1.21. The number of allylic oxidation sites excluding steroid dienone is 8. The van der Waals surface area contributed by atoms with Crippen molar-refractivity contribution in [1.82, 2.24) is 0 Å². The summed E-state index contributed by atoms with van der Waals surface area (Å²) in [5, 5.41) is 12.5. The van der Waals surface area contributed by atoms with E-state index in [1.54, 1.807) is 29.6 Å². The van der Waals surface area contributed by atoms with Crippen LogP contribution >= 0.6 is 11.3 Å². The van der Waals surface area contributed by atoms with Crippen LogP contribution in [-0.2, 0) is 4.79 Å². The smallest absolute Gasteiger partial charge is 0.307 e. The van der Waals surface area contributed by atoms with E-state index in [1.165, 1.54) is 5.56 Å². The second-order valence-corrected chi connectivity index (χ2v) is 4.38. The van der Waals surface area contributed by atoms with Crippen LogP contribution < -0.4 is 0 Å². The first kappa shape index (κ1) is 14.9. The summed E-state index contributed by atoms with van der Waals surface area (Å²) in [6.07, 6.45) is 18.8. The first-order chi connectivity index (χ1) is 9.29. The molecule has 0 aliphatic rings. The molecular formula is C16H16O2S. The highest BCUT2D eigenvalue weighted by Gasteiger charge is 1.86. The van der Waals surface area contributed by atoms with Crippen LogP contribution in [0.3, 0.4) is 0 Å². The number of carboxylic acids is 1. The van der Waals surface area contributed by atoms with Crippen LogP contribution in [0.4, 0.5) is 0 Å². The number of aliphatic carboxylic acids is 1. The van der Waals surface area contributed by atoms with Crippen LogP contribution in [0.2, 0.25) is 0 Å². The SMILES string of the molecule is O=C(O)C/C=C/C=C/C=C/C=C/C=C/c1ccsc1. The van der Waals surface area contributed by atoms with Crippen LogP contribution in [0.1, 0.15) is 12.0 Å². The Morgan fingerprint density at radius 3 is 2.26 bits per heavy atom. The Bertz CT molecular complexity index is 503. The lowest BCUT2D eigenvalue weighted by Gasteiger charge is -1.80. The number of hydrogen-bond acceptors (Lipinski definition) is 2. The highest BCUT2D eigenvalue weighted by molar-refractivity contribution is 7.08. The molecule has 0 amide bonds. The van der Waals surface area contributed by atoms with Gasteiger partial charge in [0, 0.05) is 0 Å². The number of thiophene rings is 1. The Balaban J connectivity index is 2.21. The van der Waals surface area contributed by atoms with E-state index < -0.39 is 5.97 Å². The third-order valence-electron chi connectivity index (χ3n) is 2.04. The van der Waals surface area contributed by atoms with Gasteiger partial charge in [0.25, 0.3) is 0 Å². The van der Waals surface area contributed by atoms with Crippen LogP contribution in [-0.4, -0.2) is 11.1 Å². The van der Waals surface area contributed by atoms with Gasteiger partial charge in [-0.3, -0.25) is 4.79 Å². The summed E-state index contributed by atoms with van der Waals surface area (Å²) >= 11 is 1.68. The van der Waals surface area contributed by atoms with Crippen molar-refractivity contribution in [3.05, 3.63) is 77.1 Å². The zero-order valence-corrected chi connectivity index (χ0v) is 11.3. The molecule has 1 heterocycles. The van der Waals surface area contributed by atoms with Gasteiger partial charge in [0.05, 0.1) is 6.42 Å². The van der Waals surface area contributed by atoms with Gasteiger partial charge in [0.1, 0.15) is 0 Å². The lowest BCUT2D eigenvalue weighted by atomic mass is 10.3. The van der Waals surface area contributed by atoms with Gasteiger partial charge in [-0.1, -0.05) is 60.8 Å². The standard InChI is InChI=1S/C16H16O2S/c17-16(18)11-9-7-5-3-1-2-4-6-8-10-15-12-13-19-14-15/h1-10,12-14H,11H2,(H,17,18)/b2-1+,5-3+,6-4+,9-7+,10-8+. The summed E-state index contributed by atoms with van der Waals surface area (Å²) in [6, 6.07) is 2.07. The third kappa shape index (κ3) is 8.57. The molecule has 2 nitrogen and oxygen atoms in total. The monoisotopic (exact) mass is 272 g/mol. The lowest BCUT2D eigenvalue weighted by molar-refractivity contribution is -0.135. The van der Waals surface area contributed by atoms with Crippen molar-refractivity contribution in [2.75, 3.05) is 0 Å². The molecule has 0 radical (unpaired) electrons. The van der Waals surface area contributed by atoms with Gasteiger partial charge in [-0.25, -0.2) is 0 Å². The molecule has 1 aromatic rings. The average Bonchev–Trinajstić information content (AvgIpc) is 2.88. The molecule has 1 N–H and O–H groups in total. The molecule has 1 rings (SSSR count). The van der Waals surface area contributed by atoms with E-state index in [0.29, 0.717) is 0 Å². The van der Waals surface area contributed by atoms with E-state index >= 15 is 0 Å². The van der Waals surface area contributed by atoms with Gasteiger partial charge in [0.15, 0.2) is 0 Å². The Kier molecular flexibility index (Phi) is 7.74. The zero-order chi connectivity index (χ0) is 13.8. The van der Waals surface area contributed by atoms with Crippen LogP contribution in [0, 0.1) is 0 Å². The lowest BCUT2D eigenvalue weighted by Crippen LogP contribution is -1.89. The molecule has 3 heteroatoms. The van der Waals surface area contributed by atoms with E-state index in [2.05, 4.69) is 11.4 Å². The molecule has 0 aromatic carbocycles. The number of rotatable bonds is 7. The highest BCUT2D eigenvalue weighted by Crippen LogP contribution is 2.07. The van der Waals surface area contributed by atoms with Crippen molar-refractivity contribution in [2.45, 2.75) is 6.42 Å². The maximum absolute atomic E-state index is 10.2. The summed E-state index contributed by atoms with van der Waals surface area (Å²) in [6.45, 7) is 0. The second kappa shape index (κ2) is 9.85. The van der Waals surface area contributed by atoms with Crippen molar-refractivity contribution < 1.29 is 9.90 Å². The average molecular weight is 272 g/mol. The number of carbonyl (C=O) groups is 1. The molecule has 0 saturated carbocycles.